The summed E-state index contributed by atoms with van der Waals surface area (Å²) in [5, 5.41) is 0. The number of hydrogen-bond acceptors (Lipinski definition) is 3. The number of ether oxygens (including phenoxy) is 1. The van der Waals surface area contributed by atoms with Crippen molar-refractivity contribution in [3.63, 3.8) is 0 Å². The molecule has 1 aromatic carbocycles. The van der Waals surface area contributed by atoms with Crippen LogP contribution in [0.25, 0.3) is 0 Å². The van der Waals surface area contributed by atoms with Gasteiger partial charge in [-0.1, -0.05) is 19.4 Å². The van der Waals surface area contributed by atoms with E-state index in [1.165, 1.54) is 12.8 Å². The fourth-order valence-corrected chi connectivity index (χ4v) is 2.74. The second-order valence-corrected chi connectivity index (χ2v) is 5.12. The van der Waals surface area contributed by atoms with E-state index in [0.29, 0.717) is 22.9 Å². The van der Waals surface area contributed by atoms with Gasteiger partial charge in [0.25, 0.3) is 5.91 Å². The Hall–Kier alpha value is -1.71. The number of carbonyl (C=O) groups excluding carboxylic acids is 1. The second kappa shape index (κ2) is 5.95. The molecule has 1 aliphatic rings. The molecular weight excluding hydrogens is 240 g/mol. The highest BCUT2D eigenvalue weighted by Crippen LogP contribution is 2.28. The zero-order chi connectivity index (χ0) is 13.8. The highest BCUT2D eigenvalue weighted by Gasteiger charge is 2.27. The molecule has 0 spiro atoms. The van der Waals surface area contributed by atoms with Gasteiger partial charge in [0.05, 0.1) is 18.4 Å². The third kappa shape index (κ3) is 2.83. The molecule has 1 unspecified atom stereocenters. The van der Waals surface area contributed by atoms with Gasteiger partial charge in [-0.15, -0.1) is 0 Å². The van der Waals surface area contributed by atoms with Crippen LogP contribution in [-0.4, -0.2) is 31.0 Å². The minimum atomic E-state index is 0.0232. The average molecular weight is 262 g/mol. The lowest BCUT2D eigenvalue weighted by Crippen LogP contribution is -2.29. The number of nitrogens with zero attached hydrogens (tertiary/aromatic N) is 1. The van der Waals surface area contributed by atoms with Crippen LogP contribution in [0.2, 0.25) is 0 Å². The van der Waals surface area contributed by atoms with Crippen LogP contribution in [0.1, 0.15) is 36.5 Å². The van der Waals surface area contributed by atoms with E-state index in [1.807, 2.05) is 11.0 Å². The summed E-state index contributed by atoms with van der Waals surface area (Å²) >= 11 is 0. The number of benzene rings is 1. The molecule has 0 aliphatic carbocycles. The molecule has 1 fully saturated rings. The third-order valence-electron chi connectivity index (χ3n) is 3.79. The van der Waals surface area contributed by atoms with Crippen LogP contribution in [-0.2, 0) is 0 Å². The summed E-state index contributed by atoms with van der Waals surface area (Å²) in [7, 11) is 1.56. The second-order valence-electron chi connectivity index (χ2n) is 5.12. The zero-order valence-corrected chi connectivity index (χ0v) is 11.7. The number of para-hydroxylation sites is 1. The average Bonchev–Trinajstić information content (AvgIpc) is 2.87. The number of carbonyl (C=O) groups is 1. The van der Waals surface area contributed by atoms with Gasteiger partial charge < -0.3 is 15.4 Å². The molecule has 1 aliphatic heterocycles. The molecule has 0 aromatic heterocycles. The van der Waals surface area contributed by atoms with Crippen molar-refractivity contribution < 1.29 is 9.53 Å². The molecule has 0 bridgehead atoms. The smallest absolute Gasteiger partial charge is 0.256 e. The minimum Gasteiger partial charge on any atom is -0.495 e. The molecule has 4 nitrogen and oxygen atoms in total. The summed E-state index contributed by atoms with van der Waals surface area (Å²) in [6.45, 7) is 3.87. The number of likely N-dealkylation sites (tertiary alicyclic amines) is 1. The fourth-order valence-electron chi connectivity index (χ4n) is 2.74. The van der Waals surface area contributed by atoms with Crippen molar-refractivity contribution >= 4 is 11.6 Å². The Balaban J connectivity index is 2.12. The molecule has 0 radical (unpaired) electrons. The Labute approximate surface area is 114 Å². The van der Waals surface area contributed by atoms with E-state index in [-0.39, 0.29) is 5.91 Å². The van der Waals surface area contributed by atoms with Gasteiger partial charge in [0.1, 0.15) is 5.75 Å². The van der Waals surface area contributed by atoms with Crippen molar-refractivity contribution in [3.05, 3.63) is 23.8 Å². The first-order valence-corrected chi connectivity index (χ1v) is 6.89. The molecule has 0 saturated carbocycles. The number of anilines is 1. The summed E-state index contributed by atoms with van der Waals surface area (Å²) < 4.78 is 5.16. The van der Waals surface area contributed by atoms with E-state index in [2.05, 4.69) is 6.92 Å². The molecule has 104 valence electrons. The van der Waals surface area contributed by atoms with Crippen LogP contribution in [0.5, 0.6) is 5.75 Å². The Morgan fingerprint density at radius 2 is 2.32 bits per heavy atom. The number of amides is 1. The first-order valence-electron chi connectivity index (χ1n) is 6.89. The summed E-state index contributed by atoms with van der Waals surface area (Å²) in [4.78, 5) is 14.4. The van der Waals surface area contributed by atoms with E-state index < -0.39 is 0 Å². The lowest BCUT2D eigenvalue weighted by atomic mass is 10.0. The number of hydrogen-bond donors (Lipinski definition) is 1. The number of nitrogen functional groups attached to an aromatic ring is 1. The normalized spacial score (nSPS) is 18.6. The van der Waals surface area contributed by atoms with E-state index >= 15 is 0 Å². The first kappa shape index (κ1) is 13.7. The molecule has 1 saturated heterocycles. The standard InChI is InChI=1S/C15H22N2O2/c1-3-5-11-8-9-17(10-11)15(18)12-6-4-7-13(19-2)14(12)16/h4,6-7,11H,3,5,8-10,16H2,1-2H3. The lowest BCUT2D eigenvalue weighted by molar-refractivity contribution is 0.0787. The zero-order valence-electron chi connectivity index (χ0n) is 11.7. The molecule has 2 rings (SSSR count). The van der Waals surface area contributed by atoms with Gasteiger partial charge in [-0.05, 0) is 30.9 Å². The quantitative estimate of drug-likeness (QED) is 0.848. The summed E-state index contributed by atoms with van der Waals surface area (Å²) in [6, 6.07) is 5.35. The molecule has 4 heteroatoms. The topological polar surface area (TPSA) is 55.6 Å². The van der Waals surface area contributed by atoms with Crippen molar-refractivity contribution in [2.24, 2.45) is 5.92 Å². The van der Waals surface area contributed by atoms with E-state index in [1.54, 1.807) is 19.2 Å². The molecule has 19 heavy (non-hydrogen) atoms. The van der Waals surface area contributed by atoms with Gasteiger partial charge in [0.15, 0.2) is 0 Å². The maximum Gasteiger partial charge on any atom is 0.256 e. The van der Waals surface area contributed by atoms with Crippen LogP contribution < -0.4 is 10.5 Å². The van der Waals surface area contributed by atoms with Crippen molar-refractivity contribution in [1.82, 2.24) is 4.90 Å². The van der Waals surface area contributed by atoms with Crippen LogP contribution in [0, 0.1) is 5.92 Å². The largest absolute Gasteiger partial charge is 0.495 e. The number of methoxy groups -OCH3 is 1. The van der Waals surface area contributed by atoms with Crippen molar-refractivity contribution in [1.29, 1.82) is 0 Å². The molecule has 1 amide bonds. The molecular formula is C15H22N2O2. The number of rotatable bonds is 4. The SMILES string of the molecule is CCCC1CCN(C(=O)c2cccc(OC)c2N)C1. The maximum absolute atomic E-state index is 12.5. The number of nitrogens with two attached hydrogens (primary N) is 1. The summed E-state index contributed by atoms with van der Waals surface area (Å²) in [5.41, 5.74) is 6.97. The van der Waals surface area contributed by atoms with Gasteiger partial charge in [0, 0.05) is 13.1 Å². The predicted octanol–water partition coefficient (Wildman–Crippen LogP) is 2.54. The van der Waals surface area contributed by atoms with E-state index in [0.717, 1.165) is 19.5 Å². The third-order valence-corrected chi connectivity index (χ3v) is 3.79. The predicted molar refractivity (Wildman–Crippen MR) is 76.3 cm³/mol. The van der Waals surface area contributed by atoms with Gasteiger partial charge in [0.2, 0.25) is 0 Å². The Kier molecular flexibility index (Phi) is 4.30. The molecule has 2 N–H and O–H groups in total. The minimum absolute atomic E-state index is 0.0232. The van der Waals surface area contributed by atoms with Crippen LogP contribution >= 0.6 is 0 Å². The Morgan fingerprint density at radius 1 is 1.53 bits per heavy atom. The van der Waals surface area contributed by atoms with Crippen molar-refractivity contribution in [3.8, 4) is 5.75 Å². The monoisotopic (exact) mass is 262 g/mol. The molecule has 1 aromatic rings. The van der Waals surface area contributed by atoms with Crippen molar-refractivity contribution in [2.75, 3.05) is 25.9 Å². The molecule has 1 heterocycles. The fraction of sp³-hybridized carbons (Fsp3) is 0.533. The highest BCUT2D eigenvalue weighted by molar-refractivity contribution is 6.00. The summed E-state index contributed by atoms with van der Waals surface area (Å²) in [6.07, 6.45) is 3.47. The van der Waals surface area contributed by atoms with Crippen molar-refractivity contribution in [2.45, 2.75) is 26.2 Å². The molecule has 1 atom stereocenters. The van der Waals surface area contributed by atoms with Gasteiger partial charge in [-0.25, -0.2) is 0 Å². The van der Waals surface area contributed by atoms with Gasteiger partial charge >= 0.3 is 0 Å². The van der Waals surface area contributed by atoms with Crippen LogP contribution in [0.4, 0.5) is 5.69 Å². The van der Waals surface area contributed by atoms with E-state index in [4.69, 9.17) is 10.5 Å². The maximum atomic E-state index is 12.5. The first-order chi connectivity index (χ1) is 9.17. The van der Waals surface area contributed by atoms with Crippen LogP contribution in [0.3, 0.4) is 0 Å². The Morgan fingerprint density at radius 3 is 3.00 bits per heavy atom. The summed E-state index contributed by atoms with van der Waals surface area (Å²) in [5.74, 6) is 1.23. The Bertz CT molecular complexity index is 459. The lowest BCUT2D eigenvalue weighted by Gasteiger charge is -2.18. The van der Waals surface area contributed by atoms with E-state index in [9.17, 15) is 4.79 Å². The highest BCUT2D eigenvalue weighted by atomic mass is 16.5. The van der Waals surface area contributed by atoms with Gasteiger partial charge in [-0.2, -0.15) is 0 Å². The van der Waals surface area contributed by atoms with Crippen LogP contribution in [0.15, 0.2) is 18.2 Å². The van der Waals surface area contributed by atoms with Gasteiger partial charge in [-0.3, -0.25) is 4.79 Å².